The fourth-order valence-electron chi connectivity index (χ4n) is 1.73. The molecule has 0 bridgehead atoms. The minimum Gasteiger partial charge on any atom is -0.466 e. The Balaban J connectivity index is 2.25. The van der Waals surface area contributed by atoms with Gasteiger partial charge >= 0.3 is 0 Å². The van der Waals surface area contributed by atoms with Crippen molar-refractivity contribution in [1.29, 1.82) is 5.26 Å². The summed E-state index contributed by atoms with van der Waals surface area (Å²) >= 11 is 6.00. The van der Waals surface area contributed by atoms with Crippen LogP contribution in [0.2, 0.25) is 5.02 Å². The van der Waals surface area contributed by atoms with Crippen LogP contribution in [0.3, 0.4) is 0 Å². The SMILES string of the molecule is Cc1cc(C(=O)Nc2ccc(C#N)cc2Cl)c(C)o1. The Hall–Kier alpha value is -2.25. The maximum atomic E-state index is 12.1. The van der Waals surface area contributed by atoms with E-state index in [4.69, 9.17) is 21.3 Å². The third-order valence-electron chi connectivity index (χ3n) is 2.63. The van der Waals surface area contributed by atoms with E-state index in [2.05, 4.69) is 5.32 Å². The van der Waals surface area contributed by atoms with Crippen molar-refractivity contribution in [3.05, 3.63) is 51.9 Å². The number of halogens is 1. The van der Waals surface area contributed by atoms with E-state index in [0.717, 1.165) is 0 Å². The standard InChI is InChI=1S/C14H11ClN2O2/c1-8-5-11(9(2)19-8)14(18)17-13-4-3-10(7-16)6-12(13)15/h3-6H,1-2H3,(H,17,18). The van der Waals surface area contributed by atoms with E-state index in [-0.39, 0.29) is 5.91 Å². The quantitative estimate of drug-likeness (QED) is 0.908. The molecule has 19 heavy (non-hydrogen) atoms. The lowest BCUT2D eigenvalue weighted by molar-refractivity contribution is 0.102. The number of hydrogen-bond acceptors (Lipinski definition) is 3. The lowest BCUT2D eigenvalue weighted by atomic mass is 10.2. The van der Waals surface area contributed by atoms with Gasteiger partial charge in [-0.2, -0.15) is 5.26 Å². The second-order valence-electron chi connectivity index (χ2n) is 4.09. The van der Waals surface area contributed by atoms with Crippen LogP contribution in [-0.2, 0) is 0 Å². The van der Waals surface area contributed by atoms with Crippen molar-refractivity contribution in [3.63, 3.8) is 0 Å². The zero-order valence-electron chi connectivity index (χ0n) is 10.5. The van der Waals surface area contributed by atoms with Crippen LogP contribution in [-0.4, -0.2) is 5.91 Å². The Morgan fingerprint density at radius 3 is 2.63 bits per heavy atom. The van der Waals surface area contributed by atoms with Crippen molar-refractivity contribution >= 4 is 23.2 Å². The van der Waals surface area contributed by atoms with E-state index in [1.807, 2.05) is 6.07 Å². The first-order chi connectivity index (χ1) is 9.01. The predicted octanol–water partition coefficient (Wildman–Crippen LogP) is 3.67. The van der Waals surface area contributed by atoms with Gasteiger partial charge in [-0.15, -0.1) is 0 Å². The molecule has 0 spiro atoms. The summed E-state index contributed by atoms with van der Waals surface area (Å²) in [6.45, 7) is 3.50. The van der Waals surface area contributed by atoms with Crippen molar-refractivity contribution in [2.75, 3.05) is 5.32 Å². The van der Waals surface area contributed by atoms with Gasteiger partial charge < -0.3 is 9.73 Å². The molecule has 0 saturated heterocycles. The third kappa shape index (κ3) is 2.78. The zero-order chi connectivity index (χ0) is 14.0. The minimum atomic E-state index is -0.291. The first-order valence-electron chi connectivity index (χ1n) is 5.59. The van der Waals surface area contributed by atoms with Gasteiger partial charge in [-0.3, -0.25) is 4.79 Å². The smallest absolute Gasteiger partial charge is 0.259 e. The number of carbonyl (C=O) groups is 1. The number of benzene rings is 1. The molecule has 4 nitrogen and oxygen atoms in total. The number of anilines is 1. The Morgan fingerprint density at radius 2 is 2.11 bits per heavy atom. The highest BCUT2D eigenvalue weighted by molar-refractivity contribution is 6.34. The third-order valence-corrected chi connectivity index (χ3v) is 2.94. The molecule has 96 valence electrons. The van der Waals surface area contributed by atoms with Crippen molar-refractivity contribution in [2.45, 2.75) is 13.8 Å². The first-order valence-corrected chi connectivity index (χ1v) is 5.97. The fraction of sp³-hybridized carbons (Fsp3) is 0.143. The topological polar surface area (TPSA) is 66.0 Å². The molecule has 1 amide bonds. The number of aryl methyl sites for hydroxylation is 2. The zero-order valence-corrected chi connectivity index (χ0v) is 11.2. The molecule has 0 unspecified atom stereocenters. The van der Waals surface area contributed by atoms with Crippen LogP contribution in [0.25, 0.3) is 0 Å². The van der Waals surface area contributed by atoms with Gasteiger partial charge in [-0.05, 0) is 38.1 Å². The van der Waals surface area contributed by atoms with Crippen LogP contribution < -0.4 is 5.32 Å². The van der Waals surface area contributed by atoms with E-state index in [1.54, 1.807) is 32.0 Å². The van der Waals surface area contributed by atoms with E-state index in [9.17, 15) is 4.79 Å². The van der Waals surface area contributed by atoms with Crippen LogP contribution in [0.15, 0.2) is 28.7 Å². The molecule has 0 fully saturated rings. The Kier molecular flexibility index (Phi) is 3.59. The summed E-state index contributed by atoms with van der Waals surface area (Å²) in [6, 6.07) is 8.34. The van der Waals surface area contributed by atoms with E-state index in [1.165, 1.54) is 6.07 Å². The number of carbonyl (C=O) groups excluding carboxylic acids is 1. The fourth-order valence-corrected chi connectivity index (χ4v) is 1.96. The summed E-state index contributed by atoms with van der Waals surface area (Å²) in [4.78, 5) is 12.1. The molecule has 1 aromatic carbocycles. The van der Waals surface area contributed by atoms with Gasteiger partial charge in [-0.1, -0.05) is 11.6 Å². The molecule has 1 heterocycles. The maximum absolute atomic E-state index is 12.1. The Morgan fingerprint density at radius 1 is 1.37 bits per heavy atom. The van der Waals surface area contributed by atoms with Gasteiger partial charge in [0, 0.05) is 0 Å². The molecule has 2 aromatic rings. The highest BCUT2D eigenvalue weighted by Crippen LogP contribution is 2.24. The number of amides is 1. The van der Waals surface area contributed by atoms with E-state index < -0.39 is 0 Å². The van der Waals surface area contributed by atoms with Crippen LogP contribution in [0.1, 0.15) is 27.4 Å². The van der Waals surface area contributed by atoms with Gasteiger partial charge in [0.25, 0.3) is 5.91 Å². The van der Waals surface area contributed by atoms with Gasteiger partial charge in [0.1, 0.15) is 11.5 Å². The number of nitrogens with zero attached hydrogens (tertiary/aromatic N) is 1. The van der Waals surface area contributed by atoms with Gasteiger partial charge in [0.05, 0.1) is 27.9 Å². The molecule has 0 saturated carbocycles. The number of nitrogens with one attached hydrogen (secondary N) is 1. The summed E-state index contributed by atoms with van der Waals surface area (Å²) in [5.41, 5.74) is 1.38. The highest BCUT2D eigenvalue weighted by atomic mass is 35.5. The van der Waals surface area contributed by atoms with E-state index >= 15 is 0 Å². The normalized spacial score (nSPS) is 10.0. The summed E-state index contributed by atoms with van der Waals surface area (Å²) in [5, 5.41) is 11.8. The second-order valence-corrected chi connectivity index (χ2v) is 4.49. The number of furan rings is 1. The number of hydrogen-bond donors (Lipinski definition) is 1. The maximum Gasteiger partial charge on any atom is 0.259 e. The molecule has 0 aliphatic carbocycles. The summed E-state index contributed by atoms with van der Waals surface area (Å²) in [5.74, 6) is 0.939. The van der Waals surface area contributed by atoms with E-state index in [0.29, 0.717) is 33.4 Å². The second kappa shape index (κ2) is 5.17. The summed E-state index contributed by atoms with van der Waals surface area (Å²) in [7, 11) is 0. The largest absolute Gasteiger partial charge is 0.466 e. The average Bonchev–Trinajstić information content (AvgIpc) is 2.71. The molecule has 0 aliphatic rings. The average molecular weight is 275 g/mol. The van der Waals surface area contributed by atoms with Crippen molar-refractivity contribution in [1.82, 2.24) is 0 Å². The molecular formula is C14H11ClN2O2. The monoisotopic (exact) mass is 274 g/mol. The Labute approximate surface area is 115 Å². The minimum absolute atomic E-state index is 0.291. The molecule has 5 heteroatoms. The van der Waals surface area contributed by atoms with Crippen LogP contribution in [0.5, 0.6) is 0 Å². The molecule has 2 rings (SSSR count). The van der Waals surface area contributed by atoms with Gasteiger partial charge in [0.2, 0.25) is 0 Å². The van der Waals surface area contributed by atoms with Crippen molar-refractivity contribution in [3.8, 4) is 6.07 Å². The Bertz CT molecular complexity index is 683. The molecule has 0 aliphatic heterocycles. The number of nitriles is 1. The lowest BCUT2D eigenvalue weighted by Gasteiger charge is -2.06. The van der Waals surface area contributed by atoms with Gasteiger partial charge in [0.15, 0.2) is 0 Å². The molecular weight excluding hydrogens is 264 g/mol. The number of rotatable bonds is 2. The lowest BCUT2D eigenvalue weighted by Crippen LogP contribution is -2.12. The molecule has 0 atom stereocenters. The predicted molar refractivity (Wildman–Crippen MR) is 72.3 cm³/mol. The highest BCUT2D eigenvalue weighted by Gasteiger charge is 2.14. The van der Waals surface area contributed by atoms with Crippen molar-refractivity contribution in [2.24, 2.45) is 0 Å². The van der Waals surface area contributed by atoms with Crippen LogP contribution in [0.4, 0.5) is 5.69 Å². The molecule has 0 radical (unpaired) electrons. The molecule has 1 N–H and O–H groups in total. The van der Waals surface area contributed by atoms with Gasteiger partial charge in [-0.25, -0.2) is 0 Å². The summed E-state index contributed by atoms with van der Waals surface area (Å²) in [6.07, 6.45) is 0. The summed E-state index contributed by atoms with van der Waals surface area (Å²) < 4.78 is 5.30. The van der Waals surface area contributed by atoms with Crippen LogP contribution in [0, 0.1) is 25.2 Å². The molecule has 1 aromatic heterocycles. The van der Waals surface area contributed by atoms with Crippen LogP contribution >= 0.6 is 11.6 Å². The first kappa shape index (κ1) is 13.2. The van der Waals surface area contributed by atoms with Crippen molar-refractivity contribution < 1.29 is 9.21 Å².